The van der Waals surface area contributed by atoms with Crippen molar-refractivity contribution in [3.63, 3.8) is 0 Å². The summed E-state index contributed by atoms with van der Waals surface area (Å²) in [6.07, 6.45) is 4.31. The Hall–Kier alpha value is -3.00. The number of hydrogen-bond donors (Lipinski definition) is 1. The van der Waals surface area contributed by atoms with Crippen LogP contribution >= 0.6 is 0 Å². The van der Waals surface area contributed by atoms with E-state index in [0.29, 0.717) is 23.1 Å². The number of benzene rings is 2. The Bertz CT molecular complexity index is 790. The normalized spacial score (nSPS) is 15.1. The van der Waals surface area contributed by atoms with Gasteiger partial charge in [0.25, 0.3) is 5.91 Å². The van der Waals surface area contributed by atoms with E-state index in [0.717, 1.165) is 18.6 Å². The Kier molecular flexibility index (Phi) is 5.75. The van der Waals surface area contributed by atoms with E-state index in [1.807, 2.05) is 30.3 Å². The van der Waals surface area contributed by atoms with Crippen LogP contribution in [0.1, 0.15) is 38.2 Å². The third kappa shape index (κ3) is 4.76. The van der Waals surface area contributed by atoms with Crippen LogP contribution in [0.4, 0.5) is 5.69 Å². The quantitative estimate of drug-likeness (QED) is 0.844. The number of rotatable bonds is 6. The van der Waals surface area contributed by atoms with Gasteiger partial charge in [-0.25, -0.2) is 0 Å². The molecule has 0 spiro atoms. The van der Waals surface area contributed by atoms with Gasteiger partial charge >= 0.3 is 0 Å². The van der Waals surface area contributed by atoms with E-state index >= 15 is 0 Å². The number of nitriles is 1. The molecule has 0 radical (unpaired) electrons. The number of amides is 1. The molecule has 5 nitrogen and oxygen atoms in total. The second-order valence-electron chi connectivity index (χ2n) is 6.44. The van der Waals surface area contributed by atoms with Gasteiger partial charge in [-0.1, -0.05) is 6.07 Å². The number of nitrogens with zero attached hydrogens (tertiary/aromatic N) is 1. The molecule has 0 heterocycles. The van der Waals surface area contributed by atoms with Gasteiger partial charge in [-0.15, -0.1) is 0 Å². The minimum absolute atomic E-state index is 0.253. The van der Waals surface area contributed by atoms with E-state index in [2.05, 4.69) is 5.32 Å². The number of anilines is 1. The van der Waals surface area contributed by atoms with Gasteiger partial charge in [0, 0.05) is 5.69 Å². The molecule has 1 amide bonds. The number of carbonyl (C=O) groups is 1. The molecule has 1 aliphatic rings. The highest BCUT2D eigenvalue weighted by atomic mass is 16.5. The molecule has 1 saturated carbocycles. The van der Waals surface area contributed by atoms with Gasteiger partial charge in [0.2, 0.25) is 0 Å². The largest absolute Gasteiger partial charge is 0.490 e. The van der Waals surface area contributed by atoms with E-state index in [9.17, 15) is 4.79 Å². The highest BCUT2D eigenvalue weighted by Crippen LogP contribution is 2.25. The Balaban J connectivity index is 1.54. The summed E-state index contributed by atoms with van der Waals surface area (Å²) < 4.78 is 11.5. The van der Waals surface area contributed by atoms with Gasteiger partial charge in [-0.3, -0.25) is 4.79 Å². The highest BCUT2D eigenvalue weighted by Gasteiger charge is 2.17. The minimum atomic E-state index is -0.682. The molecule has 0 bridgehead atoms. The van der Waals surface area contributed by atoms with Crippen molar-refractivity contribution < 1.29 is 14.3 Å². The molecule has 1 aliphatic carbocycles. The zero-order valence-corrected chi connectivity index (χ0v) is 14.8. The highest BCUT2D eigenvalue weighted by molar-refractivity contribution is 5.94. The second-order valence-corrected chi connectivity index (χ2v) is 6.44. The van der Waals surface area contributed by atoms with Crippen LogP contribution in [0.5, 0.6) is 11.5 Å². The average molecular weight is 350 g/mol. The smallest absolute Gasteiger partial charge is 0.265 e. The molecule has 2 aromatic carbocycles. The Morgan fingerprint density at radius 1 is 1.15 bits per heavy atom. The zero-order chi connectivity index (χ0) is 18.4. The van der Waals surface area contributed by atoms with E-state index in [-0.39, 0.29) is 5.91 Å². The predicted molar refractivity (Wildman–Crippen MR) is 99.2 cm³/mol. The van der Waals surface area contributed by atoms with Crippen molar-refractivity contribution in [1.82, 2.24) is 0 Å². The molecule has 0 aliphatic heterocycles. The number of ether oxygens (including phenoxy) is 2. The summed E-state index contributed by atoms with van der Waals surface area (Å²) in [5, 5.41) is 11.7. The van der Waals surface area contributed by atoms with E-state index < -0.39 is 6.10 Å². The van der Waals surface area contributed by atoms with Gasteiger partial charge in [0.15, 0.2) is 6.10 Å². The molecule has 26 heavy (non-hydrogen) atoms. The standard InChI is InChI=1S/C21H22N2O3/c1-15(25-20-8-4-5-16(13-20)14-22)21(24)23-17-9-11-19(12-10-17)26-18-6-2-3-7-18/h4-5,8-13,15,18H,2-3,6-7H2,1H3,(H,23,24). The van der Waals surface area contributed by atoms with Crippen molar-refractivity contribution in [3.8, 4) is 17.6 Å². The van der Waals surface area contributed by atoms with Crippen molar-refractivity contribution in [2.24, 2.45) is 0 Å². The number of nitrogens with one attached hydrogen (secondary N) is 1. The molecule has 1 N–H and O–H groups in total. The topological polar surface area (TPSA) is 71.3 Å². The number of carbonyl (C=O) groups excluding carboxylic acids is 1. The van der Waals surface area contributed by atoms with Gasteiger partial charge in [0.05, 0.1) is 17.7 Å². The van der Waals surface area contributed by atoms with Gasteiger partial charge in [-0.2, -0.15) is 5.26 Å². The molecule has 0 aromatic heterocycles. The predicted octanol–water partition coefficient (Wildman–Crippen LogP) is 4.29. The van der Waals surface area contributed by atoms with Crippen LogP contribution in [0, 0.1) is 11.3 Å². The van der Waals surface area contributed by atoms with Crippen molar-refractivity contribution in [3.05, 3.63) is 54.1 Å². The summed E-state index contributed by atoms with van der Waals surface area (Å²) in [4.78, 5) is 12.3. The van der Waals surface area contributed by atoms with Crippen LogP contribution < -0.4 is 14.8 Å². The van der Waals surface area contributed by atoms with Crippen molar-refractivity contribution in [2.45, 2.75) is 44.8 Å². The third-order valence-corrected chi connectivity index (χ3v) is 4.37. The van der Waals surface area contributed by atoms with Crippen molar-refractivity contribution in [1.29, 1.82) is 5.26 Å². The molecule has 1 unspecified atom stereocenters. The molecule has 3 rings (SSSR count). The first kappa shape index (κ1) is 17.8. The van der Waals surface area contributed by atoms with Gasteiger partial charge < -0.3 is 14.8 Å². The van der Waals surface area contributed by atoms with Crippen LogP contribution in [-0.4, -0.2) is 18.1 Å². The van der Waals surface area contributed by atoms with Crippen molar-refractivity contribution >= 4 is 11.6 Å². The molecule has 1 atom stereocenters. The summed E-state index contributed by atoms with van der Waals surface area (Å²) in [6.45, 7) is 1.67. The molecule has 5 heteroatoms. The van der Waals surface area contributed by atoms with Crippen LogP contribution in [0.25, 0.3) is 0 Å². The maximum atomic E-state index is 12.3. The molecule has 1 fully saturated rings. The Labute approximate surface area is 153 Å². The molecule has 0 saturated heterocycles. The average Bonchev–Trinajstić information content (AvgIpc) is 3.16. The van der Waals surface area contributed by atoms with Crippen LogP contribution in [0.3, 0.4) is 0 Å². The maximum Gasteiger partial charge on any atom is 0.265 e. The summed E-state index contributed by atoms with van der Waals surface area (Å²) >= 11 is 0. The lowest BCUT2D eigenvalue weighted by Gasteiger charge is -2.16. The fourth-order valence-electron chi connectivity index (χ4n) is 2.96. The second kappa shape index (κ2) is 8.39. The molecular formula is C21H22N2O3. The molecule has 2 aromatic rings. The lowest BCUT2D eigenvalue weighted by molar-refractivity contribution is -0.122. The summed E-state index contributed by atoms with van der Waals surface area (Å²) in [5.41, 5.74) is 1.18. The van der Waals surface area contributed by atoms with Crippen LogP contribution in [0.15, 0.2) is 48.5 Å². The molecule has 134 valence electrons. The lowest BCUT2D eigenvalue weighted by Crippen LogP contribution is -2.30. The fourth-order valence-corrected chi connectivity index (χ4v) is 2.96. The fraction of sp³-hybridized carbons (Fsp3) is 0.333. The summed E-state index contributed by atoms with van der Waals surface area (Å²) in [7, 11) is 0. The van der Waals surface area contributed by atoms with E-state index in [1.165, 1.54) is 12.8 Å². The van der Waals surface area contributed by atoms with Crippen molar-refractivity contribution in [2.75, 3.05) is 5.32 Å². The van der Waals surface area contributed by atoms with Crippen LogP contribution in [0.2, 0.25) is 0 Å². The number of hydrogen-bond acceptors (Lipinski definition) is 4. The maximum absolute atomic E-state index is 12.3. The van der Waals surface area contributed by atoms with E-state index in [4.69, 9.17) is 14.7 Å². The third-order valence-electron chi connectivity index (χ3n) is 4.37. The SMILES string of the molecule is CC(Oc1cccc(C#N)c1)C(=O)Nc1ccc(OC2CCCC2)cc1. The van der Waals surface area contributed by atoms with E-state index in [1.54, 1.807) is 31.2 Å². The molecular weight excluding hydrogens is 328 g/mol. The van der Waals surface area contributed by atoms with Crippen LogP contribution in [-0.2, 0) is 4.79 Å². The minimum Gasteiger partial charge on any atom is -0.490 e. The lowest BCUT2D eigenvalue weighted by atomic mass is 10.2. The summed E-state index contributed by atoms with van der Waals surface area (Å²) in [5.74, 6) is 1.07. The first-order valence-electron chi connectivity index (χ1n) is 8.88. The Morgan fingerprint density at radius 2 is 1.88 bits per heavy atom. The monoisotopic (exact) mass is 350 g/mol. The zero-order valence-electron chi connectivity index (χ0n) is 14.8. The first-order valence-corrected chi connectivity index (χ1v) is 8.88. The Morgan fingerprint density at radius 3 is 2.58 bits per heavy atom. The summed E-state index contributed by atoms with van der Waals surface area (Å²) in [6, 6.07) is 16.2. The van der Waals surface area contributed by atoms with Gasteiger partial charge in [-0.05, 0) is 75.1 Å². The first-order chi connectivity index (χ1) is 12.6. The van der Waals surface area contributed by atoms with Gasteiger partial charge in [0.1, 0.15) is 11.5 Å².